The first-order valence-electron chi connectivity index (χ1n) is 16.6. The van der Waals surface area contributed by atoms with E-state index >= 15 is 0 Å². The molecule has 0 radical (unpaired) electrons. The molecule has 234 valence electrons. The van der Waals surface area contributed by atoms with E-state index in [2.05, 4.69) is 144 Å². The van der Waals surface area contributed by atoms with Crippen LogP contribution in [0.3, 0.4) is 0 Å². The van der Waals surface area contributed by atoms with Gasteiger partial charge < -0.3 is 0 Å². The highest BCUT2D eigenvalue weighted by Gasteiger charge is 2.22. The molecule has 0 aromatic heterocycles. The highest BCUT2D eigenvalue weighted by Crippen LogP contribution is 2.44. The fourth-order valence-corrected chi connectivity index (χ4v) is 6.92. The molecule has 0 nitrogen and oxygen atoms in total. The molecule has 0 aliphatic heterocycles. The third kappa shape index (κ3) is 6.98. The Bertz CT molecular complexity index is 1450. The second-order valence-electron chi connectivity index (χ2n) is 14.5. The Hall–Kier alpha value is -2.54. The van der Waals surface area contributed by atoms with Crippen molar-refractivity contribution in [3.05, 3.63) is 104 Å². The zero-order chi connectivity index (χ0) is 32.6. The minimum absolute atomic E-state index is 0.405. The lowest BCUT2D eigenvalue weighted by Gasteiger charge is -2.24. The topological polar surface area (TPSA) is 0 Å². The second-order valence-corrected chi connectivity index (χ2v) is 15.3. The van der Waals surface area contributed by atoms with Gasteiger partial charge >= 0.3 is 0 Å². The van der Waals surface area contributed by atoms with Crippen molar-refractivity contribution in [2.45, 2.75) is 119 Å². The van der Waals surface area contributed by atoms with E-state index in [-0.39, 0.29) is 0 Å². The Morgan fingerprint density at radius 2 is 0.636 bits per heavy atom. The van der Waals surface area contributed by atoms with Crippen LogP contribution in [-0.2, 0) is 0 Å². The first-order chi connectivity index (χ1) is 20.6. The van der Waals surface area contributed by atoms with E-state index in [1.54, 1.807) is 0 Å². The molecule has 44 heavy (non-hydrogen) atoms. The quantitative estimate of drug-likeness (QED) is 0.173. The third-order valence-corrected chi connectivity index (χ3v) is 9.70. The maximum Gasteiger partial charge on any atom is 0.0491 e. The van der Waals surface area contributed by atoms with Crippen LogP contribution in [0.2, 0.25) is 10.0 Å². The van der Waals surface area contributed by atoms with Gasteiger partial charge in [-0.25, -0.2) is 0 Å². The van der Waals surface area contributed by atoms with Gasteiger partial charge in [0.2, 0.25) is 0 Å². The molecule has 4 rings (SSSR count). The summed E-state index contributed by atoms with van der Waals surface area (Å²) >= 11 is 14.2. The zero-order valence-corrected chi connectivity index (χ0v) is 30.5. The van der Waals surface area contributed by atoms with Crippen molar-refractivity contribution < 1.29 is 0 Å². The summed E-state index contributed by atoms with van der Waals surface area (Å²) in [5.41, 5.74) is 15.2. The van der Waals surface area contributed by atoms with E-state index in [4.69, 9.17) is 23.2 Å². The summed E-state index contributed by atoms with van der Waals surface area (Å²) in [5, 5.41) is 1.45. The smallest absolute Gasteiger partial charge is 0.0491 e. The fourth-order valence-electron chi connectivity index (χ4n) is 6.36. The first-order valence-corrected chi connectivity index (χ1v) is 17.3. The SMILES string of the molecule is CC(C)c1cc(C(C)C)c(-c2ccc(-c3ccc(-c4c(C(C)C)cc(C(C)C)cc4C(C)C)cc3Cl)c(Cl)c2)c(C(C)C)c1. The molecule has 0 aliphatic carbocycles. The Morgan fingerprint density at radius 3 is 0.841 bits per heavy atom. The molecule has 4 aromatic rings. The van der Waals surface area contributed by atoms with Gasteiger partial charge in [0.05, 0.1) is 0 Å². The first kappa shape index (κ1) is 34.3. The van der Waals surface area contributed by atoms with Gasteiger partial charge in [-0.05, 0) is 103 Å². The standard InChI is InChI=1S/C42H52Cl2/c1-23(2)31-17-35(25(5)6)41(36(18-31)26(7)8)29-13-15-33(39(43)21-29)34-16-14-30(22-40(34)44)42-37(27(9)10)19-32(24(3)4)20-38(42)28(11)12/h13-28H,1-12H3. The van der Waals surface area contributed by atoms with Gasteiger partial charge in [-0.3, -0.25) is 0 Å². The summed E-state index contributed by atoms with van der Waals surface area (Å²) in [6.45, 7) is 27.4. The molecule has 0 atom stereocenters. The number of benzene rings is 4. The van der Waals surface area contributed by atoms with Crippen LogP contribution in [0.5, 0.6) is 0 Å². The normalized spacial score (nSPS) is 12.2. The molecule has 0 unspecified atom stereocenters. The summed E-state index contributed by atoms with van der Waals surface area (Å²) in [6.07, 6.45) is 0. The molecule has 0 saturated heterocycles. The van der Waals surface area contributed by atoms with Crippen LogP contribution < -0.4 is 0 Å². The summed E-state index contributed by atoms with van der Waals surface area (Å²) in [5.74, 6) is 2.59. The zero-order valence-electron chi connectivity index (χ0n) is 29.0. The monoisotopic (exact) mass is 626 g/mol. The molecule has 0 bridgehead atoms. The Labute approximate surface area is 278 Å². The number of hydrogen-bond donors (Lipinski definition) is 0. The summed E-state index contributed by atoms with van der Waals surface area (Å²) < 4.78 is 0. The molecule has 0 heterocycles. The third-order valence-electron chi connectivity index (χ3n) is 9.07. The molecule has 2 heteroatoms. The molecule has 0 aliphatic rings. The van der Waals surface area contributed by atoms with Gasteiger partial charge in [0, 0.05) is 21.2 Å². The van der Waals surface area contributed by atoms with Crippen LogP contribution in [0.15, 0.2) is 60.7 Å². The van der Waals surface area contributed by atoms with Crippen molar-refractivity contribution >= 4 is 23.2 Å². The predicted molar refractivity (Wildman–Crippen MR) is 197 cm³/mol. The van der Waals surface area contributed by atoms with Gasteiger partial charge in [-0.15, -0.1) is 0 Å². The van der Waals surface area contributed by atoms with Gasteiger partial charge in [-0.2, -0.15) is 0 Å². The molecular weight excluding hydrogens is 575 g/mol. The van der Waals surface area contributed by atoms with Crippen LogP contribution >= 0.6 is 23.2 Å². The highest BCUT2D eigenvalue weighted by molar-refractivity contribution is 6.36. The maximum absolute atomic E-state index is 7.11. The number of halogens is 2. The summed E-state index contributed by atoms with van der Waals surface area (Å²) in [4.78, 5) is 0. The van der Waals surface area contributed by atoms with Gasteiger partial charge in [0.15, 0.2) is 0 Å². The average Bonchev–Trinajstić information content (AvgIpc) is 2.95. The van der Waals surface area contributed by atoms with Crippen molar-refractivity contribution in [2.75, 3.05) is 0 Å². The van der Waals surface area contributed by atoms with Crippen LogP contribution in [0.4, 0.5) is 0 Å². The van der Waals surface area contributed by atoms with Crippen LogP contribution in [0.1, 0.15) is 152 Å². The Kier molecular flexibility index (Phi) is 10.8. The van der Waals surface area contributed by atoms with Gasteiger partial charge in [0.25, 0.3) is 0 Å². The van der Waals surface area contributed by atoms with E-state index < -0.39 is 0 Å². The lowest BCUT2D eigenvalue weighted by Crippen LogP contribution is -2.04. The van der Waals surface area contributed by atoms with Gasteiger partial charge in [0.1, 0.15) is 0 Å². The highest BCUT2D eigenvalue weighted by atomic mass is 35.5. The molecule has 0 amide bonds. The maximum atomic E-state index is 7.11. The molecular formula is C42H52Cl2. The number of rotatable bonds is 9. The lowest BCUT2D eigenvalue weighted by molar-refractivity contribution is 0.807. The largest absolute Gasteiger partial charge is 0.0836 e. The number of hydrogen-bond acceptors (Lipinski definition) is 0. The Balaban J connectivity index is 1.84. The summed E-state index contributed by atoms with van der Waals surface area (Å²) in [6, 6.07) is 22.6. The van der Waals surface area contributed by atoms with Crippen LogP contribution in [0.25, 0.3) is 33.4 Å². The molecule has 0 spiro atoms. The van der Waals surface area contributed by atoms with Crippen LogP contribution in [0, 0.1) is 0 Å². The van der Waals surface area contributed by atoms with Crippen molar-refractivity contribution in [2.24, 2.45) is 0 Å². The molecule has 0 N–H and O–H groups in total. The minimum Gasteiger partial charge on any atom is -0.0836 e. The van der Waals surface area contributed by atoms with E-state index in [9.17, 15) is 0 Å². The van der Waals surface area contributed by atoms with E-state index in [1.807, 2.05) is 0 Å². The van der Waals surface area contributed by atoms with Crippen molar-refractivity contribution in [1.29, 1.82) is 0 Å². The average molecular weight is 628 g/mol. The fraction of sp³-hybridized carbons (Fsp3) is 0.429. The van der Waals surface area contributed by atoms with Gasteiger partial charge in [-0.1, -0.05) is 155 Å². The molecule has 4 aromatic carbocycles. The van der Waals surface area contributed by atoms with E-state index in [0.29, 0.717) is 35.5 Å². The van der Waals surface area contributed by atoms with Crippen molar-refractivity contribution in [1.82, 2.24) is 0 Å². The van der Waals surface area contributed by atoms with Crippen molar-refractivity contribution in [3.63, 3.8) is 0 Å². The predicted octanol–water partition coefficient (Wildman–Crippen LogP) is 14.7. The van der Waals surface area contributed by atoms with Crippen LogP contribution in [-0.4, -0.2) is 0 Å². The van der Waals surface area contributed by atoms with E-state index in [1.165, 1.54) is 55.6 Å². The van der Waals surface area contributed by atoms with E-state index in [0.717, 1.165) is 21.2 Å². The van der Waals surface area contributed by atoms with Crippen molar-refractivity contribution in [3.8, 4) is 33.4 Å². The lowest BCUT2D eigenvalue weighted by atomic mass is 9.81. The minimum atomic E-state index is 0.405. The molecule has 0 saturated carbocycles. The Morgan fingerprint density at radius 1 is 0.364 bits per heavy atom. The second kappa shape index (κ2) is 13.8. The molecule has 0 fully saturated rings. The summed E-state index contributed by atoms with van der Waals surface area (Å²) in [7, 11) is 0.